The first kappa shape index (κ1) is 17.7. The fraction of sp³-hybridized carbons (Fsp3) is 0.136. The van der Waals surface area contributed by atoms with Gasteiger partial charge in [0.25, 0.3) is 5.56 Å². The van der Waals surface area contributed by atoms with Gasteiger partial charge in [-0.1, -0.05) is 18.2 Å². The summed E-state index contributed by atoms with van der Waals surface area (Å²) in [7, 11) is 0. The van der Waals surface area contributed by atoms with Gasteiger partial charge in [-0.2, -0.15) is 0 Å². The van der Waals surface area contributed by atoms with Crippen LogP contribution in [0.4, 0.5) is 0 Å². The van der Waals surface area contributed by atoms with Crippen LogP contribution in [0.1, 0.15) is 28.3 Å². The number of para-hydroxylation sites is 1. The molecule has 0 aliphatic carbocycles. The van der Waals surface area contributed by atoms with Crippen molar-refractivity contribution in [2.24, 2.45) is 0 Å². The molecule has 0 atom stereocenters. The lowest BCUT2D eigenvalue weighted by Crippen LogP contribution is -2.24. The van der Waals surface area contributed by atoms with Gasteiger partial charge in [0.15, 0.2) is 0 Å². The highest BCUT2D eigenvalue weighted by Gasteiger charge is 2.14. The van der Waals surface area contributed by atoms with Crippen molar-refractivity contribution in [1.29, 1.82) is 0 Å². The molecule has 0 N–H and O–H groups in total. The molecule has 4 aromatic rings. The Balaban J connectivity index is 1.99. The molecule has 0 spiro atoms. The van der Waals surface area contributed by atoms with Crippen molar-refractivity contribution in [3.05, 3.63) is 87.7 Å². The summed E-state index contributed by atoms with van der Waals surface area (Å²) >= 11 is 0. The monoisotopic (exact) mass is 369 g/mol. The highest BCUT2D eigenvalue weighted by Crippen LogP contribution is 2.21. The molecule has 0 fully saturated rings. The first-order valence-electron chi connectivity index (χ1n) is 8.94. The Morgan fingerprint density at radius 2 is 1.64 bits per heavy atom. The molecule has 0 aliphatic heterocycles. The first-order valence-corrected chi connectivity index (χ1v) is 8.94. The second kappa shape index (κ2) is 7.15. The van der Waals surface area contributed by atoms with Gasteiger partial charge in [-0.3, -0.25) is 14.3 Å². The van der Waals surface area contributed by atoms with Crippen LogP contribution < -0.4 is 5.56 Å². The van der Waals surface area contributed by atoms with Gasteiger partial charge in [0.05, 0.1) is 22.8 Å². The standard InChI is InChI=1S/C22H19N5O/c1-14-5-4-6-15(2)21(14)27-20(8-7-17-11-24-16(3)25-12-17)26-19-13-23-10-9-18(19)22(27)28/h4-13H,1-3H3/b8-7+. The van der Waals surface area contributed by atoms with Crippen LogP contribution in [0.5, 0.6) is 0 Å². The maximum absolute atomic E-state index is 13.3. The van der Waals surface area contributed by atoms with Gasteiger partial charge < -0.3 is 0 Å². The van der Waals surface area contributed by atoms with Gasteiger partial charge in [-0.05, 0) is 50.1 Å². The minimum atomic E-state index is -0.121. The third kappa shape index (κ3) is 3.20. The van der Waals surface area contributed by atoms with E-state index in [0.29, 0.717) is 22.6 Å². The molecule has 4 rings (SSSR count). The fourth-order valence-electron chi connectivity index (χ4n) is 3.20. The highest BCUT2D eigenvalue weighted by atomic mass is 16.1. The van der Waals surface area contributed by atoms with Crippen molar-refractivity contribution in [1.82, 2.24) is 24.5 Å². The maximum Gasteiger partial charge on any atom is 0.266 e. The number of fused-ring (bicyclic) bond motifs is 1. The molecule has 6 heteroatoms. The number of hydrogen-bond acceptors (Lipinski definition) is 5. The predicted octanol–water partition coefficient (Wildman–Crippen LogP) is 3.67. The van der Waals surface area contributed by atoms with Crippen LogP contribution in [0.2, 0.25) is 0 Å². The molecule has 0 bridgehead atoms. The maximum atomic E-state index is 13.3. The second-order valence-corrected chi connectivity index (χ2v) is 6.64. The van der Waals surface area contributed by atoms with Crippen molar-refractivity contribution >= 4 is 23.1 Å². The summed E-state index contributed by atoms with van der Waals surface area (Å²) < 4.78 is 1.67. The van der Waals surface area contributed by atoms with Crippen LogP contribution in [0.3, 0.4) is 0 Å². The van der Waals surface area contributed by atoms with E-state index in [1.165, 1.54) is 0 Å². The summed E-state index contributed by atoms with van der Waals surface area (Å²) in [6, 6.07) is 7.67. The summed E-state index contributed by atoms with van der Waals surface area (Å²) in [5.74, 6) is 1.24. The summed E-state index contributed by atoms with van der Waals surface area (Å²) in [6.07, 6.45) is 10.4. The highest BCUT2D eigenvalue weighted by molar-refractivity contribution is 5.79. The summed E-state index contributed by atoms with van der Waals surface area (Å²) in [5.41, 5.74) is 4.13. The van der Waals surface area contributed by atoms with E-state index in [1.54, 1.807) is 35.4 Å². The van der Waals surface area contributed by atoms with Crippen LogP contribution >= 0.6 is 0 Å². The summed E-state index contributed by atoms with van der Waals surface area (Å²) in [5, 5.41) is 0.536. The normalized spacial score (nSPS) is 11.4. The predicted molar refractivity (Wildman–Crippen MR) is 110 cm³/mol. The number of nitrogens with zero attached hydrogens (tertiary/aromatic N) is 5. The van der Waals surface area contributed by atoms with Gasteiger partial charge in [0, 0.05) is 24.2 Å². The number of aryl methyl sites for hydroxylation is 3. The Bertz CT molecular complexity index is 1240. The number of benzene rings is 1. The molecule has 0 radical (unpaired) electrons. The van der Waals surface area contributed by atoms with E-state index in [-0.39, 0.29) is 5.56 Å². The number of aromatic nitrogens is 5. The molecule has 3 heterocycles. The van der Waals surface area contributed by atoms with Gasteiger partial charge in [-0.15, -0.1) is 0 Å². The van der Waals surface area contributed by atoms with E-state index < -0.39 is 0 Å². The summed E-state index contributed by atoms with van der Waals surface area (Å²) in [4.78, 5) is 30.6. The molecule has 1 aromatic carbocycles. The Morgan fingerprint density at radius 1 is 0.929 bits per heavy atom. The van der Waals surface area contributed by atoms with E-state index in [9.17, 15) is 4.79 Å². The van der Waals surface area contributed by atoms with Gasteiger partial charge in [-0.25, -0.2) is 15.0 Å². The Hall–Kier alpha value is -3.67. The zero-order valence-corrected chi connectivity index (χ0v) is 15.9. The Morgan fingerprint density at radius 3 is 2.36 bits per heavy atom. The van der Waals surface area contributed by atoms with E-state index in [2.05, 4.69) is 15.0 Å². The van der Waals surface area contributed by atoms with E-state index in [4.69, 9.17) is 4.98 Å². The first-order chi connectivity index (χ1) is 13.5. The largest absolute Gasteiger partial charge is 0.268 e. The Kier molecular flexibility index (Phi) is 4.53. The average molecular weight is 369 g/mol. The van der Waals surface area contributed by atoms with Crippen molar-refractivity contribution in [2.45, 2.75) is 20.8 Å². The van der Waals surface area contributed by atoms with E-state index >= 15 is 0 Å². The Labute approximate surface area is 162 Å². The third-order valence-corrected chi connectivity index (χ3v) is 4.59. The zero-order valence-electron chi connectivity index (χ0n) is 15.9. The number of rotatable bonds is 3. The molecule has 0 unspecified atom stereocenters. The molecule has 28 heavy (non-hydrogen) atoms. The van der Waals surface area contributed by atoms with Gasteiger partial charge in [0.1, 0.15) is 11.6 Å². The fourth-order valence-corrected chi connectivity index (χ4v) is 3.20. The van der Waals surface area contributed by atoms with Gasteiger partial charge in [0.2, 0.25) is 0 Å². The van der Waals surface area contributed by atoms with Crippen LogP contribution in [0, 0.1) is 20.8 Å². The third-order valence-electron chi connectivity index (χ3n) is 4.59. The average Bonchev–Trinajstić information content (AvgIpc) is 2.69. The molecular weight excluding hydrogens is 350 g/mol. The molecule has 138 valence electrons. The molecule has 3 aromatic heterocycles. The van der Waals surface area contributed by atoms with Crippen LogP contribution in [0.25, 0.3) is 28.7 Å². The van der Waals surface area contributed by atoms with Crippen molar-refractivity contribution in [3.63, 3.8) is 0 Å². The molecule has 0 aliphatic rings. The molecule has 6 nitrogen and oxygen atoms in total. The summed E-state index contributed by atoms with van der Waals surface area (Å²) in [6.45, 7) is 5.82. The van der Waals surface area contributed by atoms with Crippen molar-refractivity contribution in [3.8, 4) is 5.69 Å². The van der Waals surface area contributed by atoms with Gasteiger partial charge >= 0.3 is 0 Å². The van der Waals surface area contributed by atoms with E-state index in [1.807, 2.05) is 51.1 Å². The number of pyridine rings is 1. The minimum absolute atomic E-state index is 0.121. The topological polar surface area (TPSA) is 73.6 Å². The molecular formula is C22H19N5O. The van der Waals surface area contributed by atoms with E-state index in [0.717, 1.165) is 22.4 Å². The molecule has 0 saturated heterocycles. The lowest BCUT2D eigenvalue weighted by atomic mass is 10.1. The lowest BCUT2D eigenvalue weighted by Gasteiger charge is -2.16. The van der Waals surface area contributed by atoms with Crippen LogP contribution in [0.15, 0.2) is 53.8 Å². The molecule has 0 saturated carbocycles. The van der Waals surface area contributed by atoms with Crippen LogP contribution in [-0.2, 0) is 0 Å². The van der Waals surface area contributed by atoms with Crippen LogP contribution in [-0.4, -0.2) is 24.5 Å². The second-order valence-electron chi connectivity index (χ2n) is 6.64. The lowest BCUT2D eigenvalue weighted by molar-refractivity contribution is 0.923. The SMILES string of the molecule is Cc1ncc(/C=C/c2nc3cnccc3c(=O)n2-c2c(C)cccc2C)cn1. The van der Waals surface area contributed by atoms with Crippen molar-refractivity contribution < 1.29 is 0 Å². The minimum Gasteiger partial charge on any atom is -0.268 e. The van der Waals surface area contributed by atoms with Crippen molar-refractivity contribution in [2.75, 3.05) is 0 Å². The number of hydrogen-bond donors (Lipinski definition) is 0. The quantitative estimate of drug-likeness (QED) is 0.551. The zero-order chi connectivity index (χ0) is 19.7. The smallest absolute Gasteiger partial charge is 0.266 e. The molecule has 0 amide bonds.